The zero-order valence-electron chi connectivity index (χ0n) is 10.6. The first-order valence-electron chi connectivity index (χ1n) is 6.07. The standard InChI is InChI=1S/C15H13N3OS/c16-10-1-3-13(12(8-10)15(17)19)18-11-2-4-14-9(7-11)5-6-20-14/h1-8,18H,16H2,(H2,17,19). The molecule has 3 aromatic rings. The van der Waals surface area contributed by atoms with Gasteiger partial charge in [-0.15, -0.1) is 11.3 Å². The molecule has 2 aromatic carbocycles. The molecule has 1 heterocycles. The minimum absolute atomic E-state index is 0.385. The van der Waals surface area contributed by atoms with E-state index in [0.717, 1.165) is 11.1 Å². The largest absolute Gasteiger partial charge is 0.399 e. The molecule has 0 aliphatic heterocycles. The second-order valence-electron chi connectivity index (χ2n) is 4.47. The number of carbonyl (C=O) groups excluding carboxylic acids is 1. The van der Waals surface area contributed by atoms with Gasteiger partial charge >= 0.3 is 0 Å². The van der Waals surface area contributed by atoms with Gasteiger partial charge in [0.2, 0.25) is 0 Å². The van der Waals surface area contributed by atoms with E-state index in [2.05, 4.69) is 11.4 Å². The minimum Gasteiger partial charge on any atom is -0.399 e. The van der Waals surface area contributed by atoms with E-state index >= 15 is 0 Å². The predicted octanol–water partition coefficient (Wildman–Crippen LogP) is 3.33. The van der Waals surface area contributed by atoms with Gasteiger partial charge in [0.25, 0.3) is 5.91 Å². The number of fused-ring (bicyclic) bond motifs is 1. The van der Waals surface area contributed by atoms with Crippen LogP contribution in [0.1, 0.15) is 10.4 Å². The number of thiophene rings is 1. The number of nitrogens with two attached hydrogens (primary N) is 2. The number of amides is 1. The molecule has 5 N–H and O–H groups in total. The van der Waals surface area contributed by atoms with Crippen LogP contribution in [0, 0.1) is 0 Å². The number of carbonyl (C=O) groups is 1. The normalized spacial score (nSPS) is 10.6. The maximum Gasteiger partial charge on any atom is 0.250 e. The third-order valence-electron chi connectivity index (χ3n) is 3.04. The molecule has 0 bridgehead atoms. The molecule has 3 rings (SSSR count). The van der Waals surface area contributed by atoms with Crippen LogP contribution < -0.4 is 16.8 Å². The fraction of sp³-hybridized carbons (Fsp3) is 0. The van der Waals surface area contributed by atoms with Crippen LogP contribution in [-0.4, -0.2) is 5.91 Å². The van der Waals surface area contributed by atoms with Gasteiger partial charge in [0.1, 0.15) is 0 Å². The molecule has 0 saturated heterocycles. The Labute approximate surface area is 120 Å². The average Bonchev–Trinajstić information content (AvgIpc) is 2.88. The van der Waals surface area contributed by atoms with Gasteiger partial charge in [0.05, 0.1) is 11.3 Å². The van der Waals surface area contributed by atoms with Crippen LogP contribution in [0.15, 0.2) is 47.8 Å². The number of nitrogens with one attached hydrogen (secondary N) is 1. The van der Waals surface area contributed by atoms with Gasteiger partial charge in [-0.25, -0.2) is 0 Å². The highest BCUT2D eigenvalue weighted by Crippen LogP contribution is 2.27. The molecule has 0 unspecified atom stereocenters. The summed E-state index contributed by atoms with van der Waals surface area (Å²) in [5.41, 5.74) is 13.5. The summed E-state index contributed by atoms with van der Waals surface area (Å²) < 4.78 is 1.22. The van der Waals surface area contributed by atoms with Crippen LogP contribution in [-0.2, 0) is 0 Å². The molecular formula is C15H13N3OS. The molecule has 1 amide bonds. The summed E-state index contributed by atoms with van der Waals surface area (Å²) >= 11 is 1.69. The Hall–Kier alpha value is -2.53. The fourth-order valence-corrected chi connectivity index (χ4v) is 2.85. The SMILES string of the molecule is NC(=O)c1cc(N)ccc1Nc1ccc2sccc2c1. The summed E-state index contributed by atoms with van der Waals surface area (Å²) in [6, 6.07) is 13.2. The van der Waals surface area contributed by atoms with Crippen molar-refractivity contribution in [3.05, 3.63) is 53.4 Å². The highest BCUT2D eigenvalue weighted by molar-refractivity contribution is 7.17. The monoisotopic (exact) mass is 283 g/mol. The molecule has 0 spiro atoms. The molecule has 0 atom stereocenters. The second-order valence-corrected chi connectivity index (χ2v) is 5.42. The number of hydrogen-bond donors (Lipinski definition) is 3. The fourth-order valence-electron chi connectivity index (χ4n) is 2.07. The van der Waals surface area contributed by atoms with Crippen LogP contribution in [0.4, 0.5) is 17.1 Å². The maximum absolute atomic E-state index is 11.5. The third-order valence-corrected chi connectivity index (χ3v) is 3.94. The van der Waals surface area contributed by atoms with Crippen molar-refractivity contribution >= 4 is 44.4 Å². The van der Waals surface area contributed by atoms with Crippen molar-refractivity contribution in [2.45, 2.75) is 0 Å². The van der Waals surface area contributed by atoms with Crippen LogP contribution in [0.5, 0.6) is 0 Å². The van der Waals surface area contributed by atoms with Crippen LogP contribution >= 0.6 is 11.3 Å². The van der Waals surface area contributed by atoms with Crippen LogP contribution in [0.25, 0.3) is 10.1 Å². The number of benzene rings is 2. The molecule has 0 aliphatic rings. The summed E-state index contributed by atoms with van der Waals surface area (Å²) in [5, 5.41) is 6.42. The Balaban J connectivity index is 1.99. The summed E-state index contributed by atoms with van der Waals surface area (Å²) in [6.45, 7) is 0. The highest BCUT2D eigenvalue weighted by Gasteiger charge is 2.09. The van der Waals surface area contributed by atoms with Crippen molar-refractivity contribution in [2.75, 3.05) is 11.1 Å². The first kappa shape index (κ1) is 12.5. The molecule has 0 aliphatic carbocycles. The van der Waals surface area contributed by atoms with Gasteiger partial charge in [-0.05, 0) is 53.2 Å². The summed E-state index contributed by atoms with van der Waals surface area (Å²) in [4.78, 5) is 11.5. The van der Waals surface area contributed by atoms with Crippen molar-refractivity contribution in [3.63, 3.8) is 0 Å². The van der Waals surface area contributed by atoms with Gasteiger partial charge in [0, 0.05) is 16.1 Å². The molecular weight excluding hydrogens is 270 g/mol. The number of nitrogen functional groups attached to an aromatic ring is 1. The topological polar surface area (TPSA) is 81.1 Å². The van der Waals surface area contributed by atoms with Crippen molar-refractivity contribution in [3.8, 4) is 0 Å². The van der Waals surface area contributed by atoms with Crippen LogP contribution in [0.3, 0.4) is 0 Å². The first-order chi connectivity index (χ1) is 9.63. The Morgan fingerprint density at radius 2 is 1.95 bits per heavy atom. The van der Waals surface area contributed by atoms with Gasteiger partial charge in [-0.1, -0.05) is 0 Å². The molecule has 1 aromatic heterocycles. The van der Waals surface area contributed by atoms with E-state index in [9.17, 15) is 4.79 Å². The summed E-state index contributed by atoms with van der Waals surface area (Å²) in [7, 11) is 0. The zero-order chi connectivity index (χ0) is 14.1. The van der Waals surface area contributed by atoms with E-state index in [1.54, 1.807) is 29.5 Å². The van der Waals surface area contributed by atoms with E-state index in [1.165, 1.54) is 4.70 Å². The predicted molar refractivity (Wildman–Crippen MR) is 84.5 cm³/mol. The lowest BCUT2D eigenvalue weighted by Crippen LogP contribution is -2.13. The van der Waals surface area contributed by atoms with E-state index < -0.39 is 5.91 Å². The van der Waals surface area contributed by atoms with Crippen molar-refractivity contribution in [1.29, 1.82) is 0 Å². The first-order valence-corrected chi connectivity index (χ1v) is 6.95. The third kappa shape index (κ3) is 2.31. The molecule has 100 valence electrons. The van der Waals surface area contributed by atoms with Gasteiger partial charge in [-0.2, -0.15) is 0 Å². The zero-order valence-corrected chi connectivity index (χ0v) is 11.4. The van der Waals surface area contributed by atoms with Crippen molar-refractivity contribution < 1.29 is 4.79 Å². The summed E-state index contributed by atoms with van der Waals surface area (Å²) in [6.07, 6.45) is 0. The van der Waals surface area contributed by atoms with E-state index in [-0.39, 0.29) is 0 Å². The van der Waals surface area contributed by atoms with Gasteiger partial charge in [0.15, 0.2) is 0 Å². The smallest absolute Gasteiger partial charge is 0.250 e. The van der Waals surface area contributed by atoms with E-state index in [0.29, 0.717) is 16.9 Å². The number of primary amides is 1. The Morgan fingerprint density at radius 3 is 2.75 bits per heavy atom. The highest BCUT2D eigenvalue weighted by atomic mass is 32.1. The number of rotatable bonds is 3. The number of hydrogen-bond acceptors (Lipinski definition) is 4. The lowest BCUT2D eigenvalue weighted by atomic mass is 10.1. The second kappa shape index (κ2) is 4.86. The molecule has 0 radical (unpaired) electrons. The Bertz CT molecular complexity index is 795. The van der Waals surface area contributed by atoms with Gasteiger partial charge in [-0.3, -0.25) is 4.79 Å². The van der Waals surface area contributed by atoms with Crippen molar-refractivity contribution in [2.24, 2.45) is 5.73 Å². The summed E-state index contributed by atoms with van der Waals surface area (Å²) in [5.74, 6) is -0.503. The molecule has 0 fully saturated rings. The maximum atomic E-state index is 11.5. The average molecular weight is 283 g/mol. The van der Waals surface area contributed by atoms with Crippen LogP contribution in [0.2, 0.25) is 0 Å². The van der Waals surface area contributed by atoms with E-state index in [1.807, 2.05) is 23.6 Å². The minimum atomic E-state index is -0.503. The van der Waals surface area contributed by atoms with Gasteiger partial charge < -0.3 is 16.8 Å². The lowest BCUT2D eigenvalue weighted by molar-refractivity contribution is 0.100. The van der Waals surface area contributed by atoms with E-state index in [4.69, 9.17) is 11.5 Å². The lowest BCUT2D eigenvalue weighted by Gasteiger charge is -2.11. The number of anilines is 3. The Kier molecular flexibility index (Phi) is 3.04. The Morgan fingerprint density at radius 1 is 1.10 bits per heavy atom. The molecule has 0 saturated carbocycles. The molecule has 20 heavy (non-hydrogen) atoms. The molecule has 4 nitrogen and oxygen atoms in total. The van der Waals surface area contributed by atoms with Crippen molar-refractivity contribution in [1.82, 2.24) is 0 Å². The quantitative estimate of drug-likeness (QED) is 0.645. The molecule has 5 heteroatoms.